The van der Waals surface area contributed by atoms with Gasteiger partial charge in [-0.1, -0.05) is 41.4 Å². The van der Waals surface area contributed by atoms with Crippen LogP contribution in [-0.4, -0.2) is 9.55 Å². The minimum absolute atomic E-state index is 0.0131. The number of hydrogen-bond donors (Lipinski definition) is 0. The summed E-state index contributed by atoms with van der Waals surface area (Å²) in [6.07, 6.45) is -10.2. The van der Waals surface area contributed by atoms with E-state index in [-0.39, 0.29) is 32.7 Å². The Balaban J connectivity index is 1.94. The number of thiophene rings is 1. The number of aryl methyl sites for hydroxylation is 1. The van der Waals surface area contributed by atoms with Crippen molar-refractivity contribution in [2.24, 2.45) is 0 Å². The van der Waals surface area contributed by atoms with Gasteiger partial charge in [-0.25, -0.2) is 4.98 Å². The Morgan fingerprint density at radius 3 is 2.11 bits per heavy atom. The number of aromatic nitrogens is 2. The maximum absolute atomic E-state index is 13.6. The molecule has 0 aliphatic rings. The molecule has 5 aromatic rings. The largest absolute Gasteiger partial charge is 0.416 e. The number of rotatable bonds is 2. The molecule has 36 heavy (non-hydrogen) atoms. The number of fused-ring (bicyclic) bond motifs is 2. The van der Waals surface area contributed by atoms with E-state index in [0.29, 0.717) is 27.8 Å². The van der Waals surface area contributed by atoms with E-state index in [1.165, 1.54) is 6.07 Å². The van der Waals surface area contributed by atoms with Crippen molar-refractivity contribution in [3.05, 3.63) is 92.7 Å². The average Bonchev–Trinajstić information content (AvgIpc) is 3.14. The lowest BCUT2D eigenvalue weighted by Crippen LogP contribution is -2.23. The van der Waals surface area contributed by atoms with Crippen molar-refractivity contribution in [2.75, 3.05) is 0 Å². The maximum atomic E-state index is 13.6. The number of nitrogens with zero attached hydrogens (tertiary/aromatic N) is 2. The van der Waals surface area contributed by atoms with E-state index in [2.05, 4.69) is 4.98 Å². The van der Waals surface area contributed by atoms with Gasteiger partial charge in [-0.2, -0.15) is 26.3 Å². The summed E-state index contributed by atoms with van der Waals surface area (Å²) < 4.78 is 83.1. The number of halogens is 7. The predicted octanol–water partition coefficient (Wildman–Crippen LogP) is 8.27. The van der Waals surface area contributed by atoms with Gasteiger partial charge in [-0.15, -0.1) is 11.3 Å². The lowest BCUT2D eigenvalue weighted by Gasteiger charge is -2.18. The van der Waals surface area contributed by atoms with Crippen molar-refractivity contribution < 1.29 is 26.3 Å². The molecule has 0 saturated carbocycles. The van der Waals surface area contributed by atoms with Crippen LogP contribution in [-0.2, 0) is 12.4 Å². The predicted molar refractivity (Wildman–Crippen MR) is 128 cm³/mol. The molecule has 0 fully saturated rings. The van der Waals surface area contributed by atoms with Crippen LogP contribution in [0, 0.1) is 6.92 Å². The van der Waals surface area contributed by atoms with Crippen LogP contribution in [0.5, 0.6) is 0 Å². The summed E-state index contributed by atoms with van der Waals surface area (Å²) >= 11 is 7.71. The zero-order chi connectivity index (χ0) is 26.0. The standard InChI is InChI=1S/C25H13ClF6N2OS/c1-12-6-7-18-17(8-12)23(35)34(15-10-13(24(27,28)29)9-14(11-15)25(30,31)32)22(33-18)21-20(26)16-4-2-3-5-19(16)36-21/h2-11H,1H3. The van der Waals surface area contributed by atoms with Crippen LogP contribution in [0.3, 0.4) is 0 Å². The van der Waals surface area contributed by atoms with Crippen molar-refractivity contribution in [2.45, 2.75) is 19.3 Å². The first-order valence-corrected chi connectivity index (χ1v) is 11.5. The topological polar surface area (TPSA) is 34.9 Å². The van der Waals surface area contributed by atoms with Crippen LogP contribution in [0.15, 0.2) is 65.5 Å². The summed E-state index contributed by atoms with van der Waals surface area (Å²) in [5.74, 6) is -0.157. The zero-order valence-electron chi connectivity index (χ0n) is 18.1. The van der Waals surface area contributed by atoms with E-state index in [9.17, 15) is 31.1 Å². The summed E-state index contributed by atoms with van der Waals surface area (Å²) in [6, 6.07) is 12.7. The highest BCUT2D eigenvalue weighted by molar-refractivity contribution is 7.23. The maximum Gasteiger partial charge on any atom is 0.416 e. The van der Waals surface area contributed by atoms with Gasteiger partial charge in [0.15, 0.2) is 5.82 Å². The summed E-state index contributed by atoms with van der Waals surface area (Å²) in [6.45, 7) is 1.70. The molecule has 0 unspecified atom stereocenters. The first kappa shape index (κ1) is 24.3. The Bertz CT molecular complexity index is 1690. The second-order valence-electron chi connectivity index (χ2n) is 8.10. The Hall–Kier alpha value is -3.37. The third kappa shape index (κ3) is 4.14. The summed E-state index contributed by atoms with van der Waals surface area (Å²) in [7, 11) is 0. The Kier molecular flexibility index (Phi) is 5.64. The fraction of sp³-hybridized carbons (Fsp3) is 0.120. The van der Waals surface area contributed by atoms with Gasteiger partial charge in [-0.3, -0.25) is 9.36 Å². The molecule has 0 atom stereocenters. The van der Waals surface area contributed by atoms with E-state index in [1.54, 1.807) is 43.3 Å². The summed E-state index contributed by atoms with van der Waals surface area (Å²) in [5, 5.41) is 0.844. The highest BCUT2D eigenvalue weighted by atomic mass is 35.5. The van der Waals surface area contributed by atoms with Crippen molar-refractivity contribution in [1.82, 2.24) is 9.55 Å². The van der Waals surface area contributed by atoms with Crippen molar-refractivity contribution in [1.29, 1.82) is 0 Å². The smallest absolute Gasteiger partial charge is 0.268 e. The van der Waals surface area contributed by atoms with Crippen molar-refractivity contribution in [3.8, 4) is 16.4 Å². The van der Waals surface area contributed by atoms with E-state index < -0.39 is 34.7 Å². The third-order valence-corrected chi connectivity index (χ3v) is 7.26. The number of alkyl halides is 6. The Morgan fingerprint density at radius 2 is 1.50 bits per heavy atom. The van der Waals surface area contributed by atoms with Gasteiger partial charge in [0, 0.05) is 10.1 Å². The Morgan fingerprint density at radius 1 is 0.861 bits per heavy atom. The quantitative estimate of drug-likeness (QED) is 0.212. The molecule has 0 spiro atoms. The number of benzene rings is 3. The summed E-state index contributed by atoms with van der Waals surface area (Å²) in [5.41, 5.74) is -3.64. The number of hydrogen-bond acceptors (Lipinski definition) is 3. The molecule has 11 heteroatoms. The molecule has 0 bridgehead atoms. The first-order valence-electron chi connectivity index (χ1n) is 10.4. The van der Waals surface area contributed by atoms with Crippen molar-refractivity contribution in [3.63, 3.8) is 0 Å². The molecule has 0 saturated heterocycles. The Labute approximate surface area is 208 Å². The first-order chi connectivity index (χ1) is 16.8. The van der Waals surface area contributed by atoms with Gasteiger partial charge in [-0.05, 0) is 43.3 Å². The molecule has 0 amide bonds. The van der Waals surface area contributed by atoms with Crippen LogP contribution in [0.2, 0.25) is 5.02 Å². The SMILES string of the molecule is Cc1ccc2nc(-c3sc4ccccc4c3Cl)n(-c3cc(C(F)(F)F)cc(C(F)(F)F)c3)c(=O)c2c1. The van der Waals surface area contributed by atoms with Crippen molar-refractivity contribution >= 4 is 43.9 Å². The highest BCUT2D eigenvalue weighted by Crippen LogP contribution is 2.43. The molecule has 3 nitrogen and oxygen atoms in total. The van der Waals surface area contributed by atoms with Gasteiger partial charge >= 0.3 is 12.4 Å². The minimum Gasteiger partial charge on any atom is -0.268 e. The molecule has 5 rings (SSSR count). The van der Waals surface area contributed by atoms with Gasteiger partial charge in [0.25, 0.3) is 5.56 Å². The van der Waals surface area contributed by atoms with Crippen LogP contribution >= 0.6 is 22.9 Å². The van der Waals surface area contributed by atoms with Gasteiger partial charge in [0.1, 0.15) is 0 Å². The van der Waals surface area contributed by atoms with E-state index in [1.807, 2.05) is 0 Å². The normalized spacial score (nSPS) is 12.6. The van der Waals surface area contributed by atoms with Crippen LogP contribution in [0.1, 0.15) is 16.7 Å². The molecule has 184 valence electrons. The van der Waals surface area contributed by atoms with Crippen LogP contribution in [0.4, 0.5) is 26.3 Å². The molecule has 0 aliphatic heterocycles. The lowest BCUT2D eigenvalue weighted by molar-refractivity contribution is -0.143. The van der Waals surface area contributed by atoms with Gasteiger partial charge < -0.3 is 0 Å². The third-order valence-electron chi connectivity index (χ3n) is 5.59. The molecule has 0 radical (unpaired) electrons. The molecule has 0 aliphatic carbocycles. The zero-order valence-corrected chi connectivity index (χ0v) is 19.7. The van der Waals surface area contributed by atoms with Gasteiger partial charge in [0.2, 0.25) is 0 Å². The minimum atomic E-state index is -5.09. The van der Waals surface area contributed by atoms with E-state index in [0.717, 1.165) is 15.9 Å². The fourth-order valence-electron chi connectivity index (χ4n) is 3.92. The lowest BCUT2D eigenvalue weighted by atomic mass is 10.1. The van der Waals surface area contributed by atoms with Crippen LogP contribution < -0.4 is 5.56 Å². The van der Waals surface area contributed by atoms with Crippen LogP contribution in [0.25, 0.3) is 37.4 Å². The molecule has 2 aromatic heterocycles. The highest BCUT2D eigenvalue weighted by Gasteiger charge is 2.37. The van der Waals surface area contributed by atoms with E-state index >= 15 is 0 Å². The second-order valence-corrected chi connectivity index (χ2v) is 9.53. The molecule has 2 heterocycles. The molecule has 0 N–H and O–H groups in total. The molecule has 3 aromatic carbocycles. The van der Waals surface area contributed by atoms with Gasteiger partial charge in [0.05, 0.1) is 37.6 Å². The molecular weight excluding hydrogens is 526 g/mol. The molecular formula is C25H13ClF6N2OS. The fourth-order valence-corrected chi connectivity index (χ4v) is 5.41. The second kappa shape index (κ2) is 8.35. The van der Waals surface area contributed by atoms with E-state index in [4.69, 9.17) is 11.6 Å². The monoisotopic (exact) mass is 538 g/mol. The average molecular weight is 539 g/mol. The summed E-state index contributed by atoms with van der Waals surface area (Å²) in [4.78, 5) is 18.4.